The SMILES string of the molecule is CN(CC#Cc1ccc2c(c1)[C@]1(C(=O)N2C(=O)OCc2ccc([N+](=O)[O-])cc2)[C@H](c2cccc(OCCO)c2)N2[C@H](c3ccccc3)[C@H](c3ccccc3)OC(=O)[C@H]2[C@@H]1C(=O)O)Cc1ccccc1. The van der Waals surface area contributed by atoms with Crippen LogP contribution in [0.3, 0.4) is 0 Å². The molecule has 0 aromatic heterocycles. The topological polar surface area (TPSA) is 189 Å². The van der Waals surface area contributed by atoms with Crippen LogP contribution in [0, 0.1) is 27.9 Å². The molecule has 348 valence electrons. The lowest BCUT2D eigenvalue weighted by Crippen LogP contribution is -2.53. The fraction of sp³-hybridized carbons (Fsp3) is 0.222. The summed E-state index contributed by atoms with van der Waals surface area (Å²) in [6, 6.07) is 41.2. The number of benzene rings is 6. The van der Waals surface area contributed by atoms with Gasteiger partial charge in [0.15, 0.2) is 0 Å². The van der Waals surface area contributed by atoms with Crippen molar-refractivity contribution < 1.29 is 48.5 Å². The number of fused-ring (bicyclic) bond motifs is 3. The second-order valence-corrected chi connectivity index (χ2v) is 17.1. The molecule has 15 nitrogen and oxygen atoms in total. The lowest BCUT2D eigenvalue weighted by Gasteiger charge is -2.46. The highest BCUT2D eigenvalue weighted by Crippen LogP contribution is 2.66. The van der Waals surface area contributed by atoms with Crippen molar-refractivity contribution in [3.8, 4) is 17.6 Å². The number of nitro groups is 1. The van der Waals surface area contributed by atoms with Crippen LogP contribution < -0.4 is 9.64 Å². The number of carbonyl (C=O) groups is 4. The molecule has 9 rings (SSSR count). The van der Waals surface area contributed by atoms with Crippen molar-refractivity contribution in [2.24, 2.45) is 5.92 Å². The minimum absolute atomic E-state index is 0.0217. The first kappa shape index (κ1) is 46.0. The zero-order chi connectivity index (χ0) is 48.2. The largest absolute Gasteiger partial charge is 0.491 e. The van der Waals surface area contributed by atoms with Gasteiger partial charge in [0.05, 0.1) is 35.8 Å². The number of nitro benzene ring substituents is 1. The average molecular weight is 927 g/mol. The number of non-ortho nitro benzene ring substituents is 1. The van der Waals surface area contributed by atoms with Gasteiger partial charge in [-0.05, 0) is 82.9 Å². The Balaban J connectivity index is 1.25. The van der Waals surface area contributed by atoms with Crippen LogP contribution >= 0.6 is 0 Å². The van der Waals surface area contributed by atoms with Gasteiger partial charge in [0.2, 0.25) is 5.91 Å². The second-order valence-electron chi connectivity index (χ2n) is 17.1. The zero-order valence-electron chi connectivity index (χ0n) is 37.3. The van der Waals surface area contributed by atoms with Gasteiger partial charge in [-0.3, -0.25) is 34.3 Å². The van der Waals surface area contributed by atoms with Gasteiger partial charge >= 0.3 is 18.0 Å². The van der Waals surface area contributed by atoms with Gasteiger partial charge in [-0.2, -0.15) is 0 Å². The molecule has 69 heavy (non-hydrogen) atoms. The van der Waals surface area contributed by atoms with E-state index in [1.54, 1.807) is 53.4 Å². The molecular formula is C54H46N4O11. The third-order valence-electron chi connectivity index (χ3n) is 12.8. The number of rotatable bonds is 13. The summed E-state index contributed by atoms with van der Waals surface area (Å²) in [5, 5.41) is 32.8. The number of aliphatic hydroxyl groups is 1. The number of cyclic esters (lactones) is 1. The summed E-state index contributed by atoms with van der Waals surface area (Å²) >= 11 is 0. The Hall–Kier alpha value is -8.16. The molecule has 2 N–H and O–H groups in total. The molecule has 0 radical (unpaired) electrons. The number of carboxylic acid groups (broad SMARTS) is 1. The maximum atomic E-state index is 16.1. The molecule has 0 unspecified atom stereocenters. The fourth-order valence-electron chi connectivity index (χ4n) is 10.0. The normalized spacial score (nSPS) is 21.5. The monoisotopic (exact) mass is 926 g/mol. The van der Waals surface area contributed by atoms with Crippen LogP contribution in [0.15, 0.2) is 158 Å². The van der Waals surface area contributed by atoms with Gasteiger partial charge in [0, 0.05) is 24.2 Å². The van der Waals surface area contributed by atoms with E-state index in [0.717, 1.165) is 10.5 Å². The number of anilines is 1. The number of imide groups is 1. The number of carbonyl (C=O) groups excluding carboxylic acids is 3. The van der Waals surface area contributed by atoms with Crippen LogP contribution in [0.25, 0.3) is 0 Å². The van der Waals surface area contributed by atoms with E-state index in [1.165, 1.54) is 30.3 Å². The van der Waals surface area contributed by atoms with Gasteiger partial charge in [0.25, 0.3) is 5.69 Å². The first-order valence-corrected chi connectivity index (χ1v) is 22.3. The van der Waals surface area contributed by atoms with Crippen LogP contribution in [0.4, 0.5) is 16.2 Å². The van der Waals surface area contributed by atoms with Gasteiger partial charge in [0.1, 0.15) is 42.4 Å². The number of esters is 1. The number of amides is 2. The Morgan fingerprint density at radius 2 is 1.48 bits per heavy atom. The van der Waals surface area contributed by atoms with Crippen LogP contribution in [-0.4, -0.2) is 81.7 Å². The number of nitrogens with zero attached hydrogens (tertiary/aromatic N) is 4. The quantitative estimate of drug-likeness (QED) is 0.0501. The number of aliphatic carboxylic acids is 1. The molecular weight excluding hydrogens is 881 g/mol. The molecule has 2 fully saturated rings. The molecule has 6 aromatic carbocycles. The first-order chi connectivity index (χ1) is 33.5. The predicted octanol–water partition coefficient (Wildman–Crippen LogP) is 7.54. The maximum absolute atomic E-state index is 16.1. The summed E-state index contributed by atoms with van der Waals surface area (Å²) in [7, 11) is 1.93. The van der Waals surface area contributed by atoms with E-state index in [-0.39, 0.29) is 30.2 Å². The Labute approximate surface area is 397 Å². The van der Waals surface area contributed by atoms with Crippen LogP contribution in [0.2, 0.25) is 0 Å². The number of carboxylic acids is 1. The van der Waals surface area contributed by atoms with Crippen LogP contribution in [0.1, 0.15) is 57.1 Å². The lowest BCUT2D eigenvalue weighted by molar-refractivity contribution is -0.384. The Bertz CT molecular complexity index is 2960. The van der Waals surface area contributed by atoms with Crippen LogP contribution in [-0.2, 0) is 42.4 Å². The molecule has 0 saturated carbocycles. The van der Waals surface area contributed by atoms with Crippen LogP contribution in [0.5, 0.6) is 5.75 Å². The van der Waals surface area contributed by atoms with Gasteiger partial charge in [-0.15, -0.1) is 0 Å². The van der Waals surface area contributed by atoms with Crippen molar-refractivity contribution in [3.63, 3.8) is 0 Å². The summed E-state index contributed by atoms with van der Waals surface area (Å²) < 4.78 is 18.1. The number of aliphatic hydroxyl groups excluding tert-OH is 1. The summed E-state index contributed by atoms with van der Waals surface area (Å²) in [4.78, 5) is 75.5. The molecule has 6 atom stereocenters. The van der Waals surface area contributed by atoms with Gasteiger partial charge in [-0.25, -0.2) is 9.69 Å². The van der Waals surface area contributed by atoms with Crippen molar-refractivity contribution in [2.75, 3.05) is 31.7 Å². The zero-order valence-corrected chi connectivity index (χ0v) is 37.3. The summed E-state index contributed by atoms with van der Waals surface area (Å²) in [5.41, 5.74) is 1.26. The predicted molar refractivity (Wildman–Crippen MR) is 252 cm³/mol. The maximum Gasteiger partial charge on any atom is 0.421 e. The van der Waals surface area contributed by atoms with E-state index in [1.807, 2.05) is 90.8 Å². The summed E-state index contributed by atoms with van der Waals surface area (Å²) in [6.45, 7) is 0.199. The number of ether oxygens (including phenoxy) is 3. The average Bonchev–Trinajstić information content (AvgIpc) is 3.82. The van der Waals surface area contributed by atoms with Crippen molar-refractivity contribution >= 4 is 35.3 Å². The van der Waals surface area contributed by atoms with E-state index in [2.05, 4.69) is 11.8 Å². The van der Waals surface area contributed by atoms with E-state index < -0.39 is 71.0 Å². The van der Waals surface area contributed by atoms with Crippen molar-refractivity contribution in [1.29, 1.82) is 0 Å². The molecule has 1 spiro atoms. The van der Waals surface area contributed by atoms with Crippen molar-refractivity contribution in [2.45, 2.75) is 42.8 Å². The molecule has 3 aliphatic heterocycles. The van der Waals surface area contributed by atoms with E-state index in [4.69, 9.17) is 14.2 Å². The number of morpholine rings is 1. The highest BCUT2D eigenvalue weighted by atomic mass is 16.6. The lowest BCUT2D eigenvalue weighted by atomic mass is 9.65. The molecule has 2 saturated heterocycles. The third kappa shape index (κ3) is 8.68. The highest BCUT2D eigenvalue weighted by Gasteiger charge is 2.76. The molecule has 15 heteroatoms. The smallest absolute Gasteiger partial charge is 0.421 e. The second kappa shape index (κ2) is 19.6. The fourth-order valence-corrected chi connectivity index (χ4v) is 10.0. The molecule has 3 aliphatic rings. The molecule has 0 aliphatic carbocycles. The third-order valence-corrected chi connectivity index (χ3v) is 12.8. The standard InChI is InChI=1S/C54H46N4O11/c1-55(33-36-13-5-2-6-14-36)28-12-15-35-24-27-44-43(31-35)54(52(63)56(44)53(64)68-34-37-22-25-41(26-23-37)58(65)66)45(50(60)61)47-51(62)69-48(39-18-9-4-10-19-39)46(38-16-7-3-8-17-38)57(47)49(54)40-20-11-21-42(32-40)67-30-29-59/h2-11,13-14,16-27,31-32,45-49,59H,28-30,33-34H2,1H3,(H,60,61)/t45-,46-,47-,48+,49+,54-/m1/s1. The molecule has 6 aromatic rings. The first-order valence-electron chi connectivity index (χ1n) is 22.3. The van der Waals surface area contributed by atoms with E-state index >= 15 is 4.79 Å². The summed E-state index contributed by atoms with van der Waals surface area (Å²) in [5.74, 6) is 1.47. The van der Waals surface area contributed by atoms with Crippen molar-refractivity contribution in [1.82, 2.24) is 9.80 Å². The molecule has 3 heterocycles. The Kier molecular flexibility index (Phi) is 13.1. The molecule has 2 amide bonds. The number of hydrogen-bond acceptors (Lipinski definition) is 12. The van der Waals surface area contributed by atoms with Gasteiger partial charge < -0.3 is 24.4 Å². The number of hydrogen-bond donors (Lipinski definition) is 2. The minimum atomic E-state index is -2.26. The summed E-state index contributed by atoms with van der Waals surface area (Å²) in [6.07, 6.45) is -2.14. The minimum Gasteiger partial charge on any atom is -0.491 e. The van der Waals surface area contributed by atoms with E-state index in [0.29, 0.717) is 46.7 Å². The Morgan fingerprint density at radius 1 is 0.812 bits per heavy atom. The van der Waals surface area contributed by atoms with Gasteiger partial charge in [-0.1, -0.05) is 115 Å². The highest BCUT2D eigenvalue weighted by molar-refractivity contribution is 6.23. The van der Waals surface area contributed by atoms with E-state index in [9.17, 15) is 34.7 Å². The Morgan fingerprint density at radius 3 is 2.14 bits per heavy atom. The molecule has 0 bridgehead atoms. The van der Waals surface area contributed by atoms with Crippen molar-refractivity contribution in [3.05, 3.63) is 207 Å².